The van der Waals surface area contributed by atoms with Crippen molar-refractivity contribution in [3.63, 3.8) is 0 Å². The van der Waals surface area contributed by atoms with E-state index in [1.54, 1.807) is 55.3 Å². The minimum Gasteiger partial charge on any atom is -0.496 e. The van der Waals surface area contributed by atoms with Gasteiger partial charge in [0.2, 0.25) is 0 Å². The monoisotopic (exact) mass is 508 g/mol. The van der Waals surface area contributed by atoms with E-state index >= 15 is 0 Å². The molecule has 0 aromatic carbocycles. The normalized spacial score (nSPS) is 13.8. The van der Waals surface area contributed by atoms with Crippen molar-refractivity contribution in [3.05, 3.63) is 15.8 Å². The van der Waals surface area contributed by atoms with Crippen molar-refractivity contribution in [2.45, 2.75) is 52.4 Å². The first-order valence-corrected chi connectivity index (χ1v) is 13.3. The fourth-order valence-electron chi connectivity index (χ4n) is 3.84. The maximum atomic E-state index is 6.14. The Labute approximate surface area is 208 Å². The van der Waals surface area contributed by atoms with Crippen LogP contribution in [-0.4, -0.2) is 34.5 Å². The van der Waals surface area contributed by atoms with E-state index in [0.717, 1.165) is 48.3 Å². The van der Waals surface area contributed by atoms with Gasteiger partial charge in [-0.3, -0.25) is 0 Å². The van der Waals surface area contributed by atoms with Crippen LogP contribution in [-0.2, 0) is 10.8 Å². The van der Waals surface area contributed by atoms with Crippen molar-refractivity contribution in [3.8, 4) is 48.3 Å². The van der Waals surface area contributed by atoms with E-state index in [2.05, 4.69) is 47.6 Å². The molecule has 0 unspecified atom stereocenters. The second-order valence-corrected chi connectivity index (χ2v) is 13.0. The zero-order chi connectivity index (χ0) is 24.1. The van der Waals surface area contributed by atoms with Gasteiger partial charge >= 0.3 is 0 Å². The summed E-state index contributed by atoms with van der Waals surface area (Å²) in [4.78, 5) is 6.53. The molecule has 5 nitrogen and oxygen atoms in total. The Hall–Kier alpha value is -1.90. The Morgan fingerprint density at radius 2 is 1.24 bits per heavy atom. The van der Waals surface area contributed by atoms with Crippen molar-refractivity contribution < 1.29 is 23.7 Å². The highest BCUT2D eigenvalue weighted by Gasteiger charge is 2.35. The van der Waals surface area contributed by atoms with Gasteiger partial charge in [-0.15, -0.1) is 34.0 Å². The van der Waals surface area contributed by atoms with Crippen molar-refractivity contribution in [2.75, 3.05) is 34.5 Å². The summed E-state index contributed by atoms with van der Waals surface area (Å²) in [6, 6.07) is 2.10. The Kier molecular flexibility index (Phi) is 6.39. The first-order chi connectivity index (χ1) is 15.5. The first-order valence-electron chi connectivity index (χ1n) is 10.9. The predicted octanol–water partition coefficient (Wildman–Crippen LogP) is 7.60. The maximum Gasteiger partial charge on any atom is 0.181 e. The molecule has 4 heterocycles. The van der Waals surface area contributed by atoms with Crippen molar-refractivity contribution >= 4 is 34.0 Å². The van der Waals surface area contributed by atoms with E-state index in [0.29, 0.717) is 13.2 Å². The molecule has 0 spiro atoms. The number of hydrogen-bond acceptors (Lipinski definition) is 8. The lowest BCUT2D eigenvalue weighted by atomic mass is 9.94. The number of methoxy groups -OCH3 is 3. The number of hydrogen-bond donors (Lipinski definition) is 0. The number of rotatable bonds is 5. The molecule has 4 rings (SSSR count). The van der Waals surface area contributed by atoms with Crippen LogP contribution in [0.1, 0.15) is 51.3 Å². The van der Waals surface area contributed by atoms with Crippen LogP contribution in [0.25, 0.3) is 19.5 Å². The molecule has 0 saturated carbocycles. The summed E-state index contributed by atoms with van der Waals surface area (Å²) in [6.07, 6.45) is 0. The topological polar surface area (TPSA) is 46.2 Å². The lowest BCUT2D eigenvalue weighted by Gasteiger charge is -2.22. The number of fused-ring (bicyclic) bond motifs is 1. The Balaban J connectivity index is 1.94. The van der Waals surface area contributed by atoms with E-state index < -0.39 is 0 Å². The van der Waals surface area contributed by atoms with Gasteiger partial charge in [-0.25, -0.2) is 0 Å². The molecule has 0 amide bonds. The fourth-order valence-corrected chi connectivity index (χ4v) is 7.73. The Morgan fingerprint density at radius 3 is 1.76 bits per heavy atom. The van der Waals surface area contributed by atoms with Crippen LogP contribution in [0.3, 0.4) is 0 Å². The first kappa shape index (κ1) is 24.2. The molecule has 0 fully saturated rings. The van der Waals surface area contributed by atoms with Gasteiger partial charge in [0.1, 0.15) is 19.0 Å². The summed E-state index contributed by atoms with van der Waals surface area (Å²) in [5, 5.41) is 0. The van der Waals surface area contributed by atoms with E-state index in [1.165, 1.54) is 9.75 Å². The molecule has 1 aliphatic heterocycles. The van der Waals surface area contributed by atoms with Crippen LogP contribution in [0.4, 0.5) is 0 Å². The van der Waals surface area contributed by atoms with Crippen LogP contribution in [0.2, 0.25) is 0 Å². The van der Waals surface area contributed by atoms with Gasteiger partial charge in [0.15, 0.2) is 23.0 Å². The van der Waals surface area contributed by atoms with Crippen LogP contribution < -0.4 is 23.7 Å². The highest BCUT2D eigenvalue weighted by Crippen LogP contribution is 2.61. The minimum absolute atomic E-state index is 0.0225. The lowest BCUT2D eigenvalue weighted by Crippen LogP contribution is -2.18. The standard InChI is InChI=1S/C25H32O5S3/c1-24(2,3)22-13(26-7)12-14(31-22)19-15(27-8)16(28-9)20(32-19)21-17-18(30-11-10-29-17)23(33-21)25(4,5)6/h12H,10-11H2,1-9H3. The van der Waals surface area contributed by atoms with E-state index in [1.807, 2.05) is 0 Å². The predicted molar refractivity (Wildman–Crippen MR) is 139 cm³/mol. The van der Waals surface area contributed by atoms with Gasteiger partial charge in [0.05, 0.1) is 50.6 Å². The molecular weight excluding hydrogens is 476 g/mol. The average Bonchev–Trinajstić information content (AvgIpc) is 3.44. The minimum atomic E-state index is -0.0617. The zero-order valence-corrected chi connectivity index (χ0v) is 23.2. The molecule has 3 aromatic heterocycles. The summed E-state index contributed by atoms with van der Waals surface area (Å²) in [5.74, 6) is 4.03. The Bertz CT molecular complexity index is 1150. The van der Waals surface area contributed by atoms with Crippen LogP contribution in [0, 0.1) is 0 Å². The molecule has 180 valence electrons. The van der Waals surface area contributed by atoms with Crippen LogP contribution in [0.15, 0.2) is 6.07 Å². The molecule has 8 heteroatoms. The fraction of sp³-hybridized carbons (Fsp3) is 0.520. The van der Waals surface area contributed by atoms with Crippen LogP contribution >= 0.6 is 34.0 Å². The molecule has 0 radical (unpaired) electrons. The van der Waals surface area contributed by atoms with E-state index in [4.69, 9.17) is 23.7 Å². The molecule has 0 N–H and O–H groups in total. The van der Waals surface area contributed by atoms with Crippen molar-refractivity contribution in [1.82, 2.24) is 0 Å². The van der Waals surface area contributed by atoms with Crippen LogP contribution in [0.5, 0.6) is 28.7 Å². The smallest absolute Gasteiger partial charge is 0.181 e. The summed E-state index contributed by atoms with van der Waals surface area (Å²) < 4.78 is 29.7. The summed E-state index contributed by atoms with van der Waals surface area (Å²) in [6.45, 7) is 14.3. The molecule has 1 aliphatic rings. The molecular formula is C25H32O5S3. The maximum absolute atomic E-state index is 6.14. The lowest BCUT2D eigenvalue weighted by molar-refractivity contribution is 0.171. The van der Waals surface area contributed by atoms with Gasteiger partial charge in [0, 0.05) is 11.5 Å². The third-order valence-corrected chi connectivity index (χ3v) is 9.96. The number of thiophene rings is 3. The van der Waals surface area contributed by atoms with Gasteiger partial charge in [-0.1, -0.05) is 41.5 Å². The second-order valence-electron chi connectivity index (χ2n) is 9.95. The third kappa shape index (κ3) is 4.21. The highest BCUT2D eigenvalue weighted by molar-refractivity contribution is 7.27. The van der Waals surface area contributed by atoms with Gasteiger partial charge < -0.3 is 23.7 Å². The molecule has 0 bridgehead atoms. The van der Waals surface area contributed by atoms with Crippen molar-refractivity contribution in [1.29, 1.82) is 0 Å². The number of ether oxygens (including phenoxy) is 5. The largest absolute Gasteiger partial charge is 0.496 e. The molecule has 3 aromatic rings. The average molecular weight is 509 g/mol. The van der Waals surface area contributed by atoms with E-state index in [-0.39, 0.29) is 10.8 Å². The third-order valence-electron chi connectivity index (χ3n) is 5.34. The van der Waals surface area contributed by atoms with Gasteiger partial charge in [-0.05, 0) is 5.41 Å². The molecule has 0 aliphatic carbocycles. The Morgan fingerprint density at radius 1 is 0.667 bits per heavy atom. The summed E-state index contributed by atoms with van der Waals surface area (Å²) in [5.41, 5.74) is -0.0842. The molecule has 0 atom stereocenters. The van der Waals surface area contributed by atoms with E-state index in [9.17, 15) is 0 Å². The summed E-state index contributed by atoms with van der Waals surface area (Å²) >= 11 is 5.11. The second kappa shape index (κ2) is 8.71. The van der Waals surface area contributed by atoms with Crippen molar-refractivity contribution in [2.24, 2.45) is 0 Å². The quantitative estimate of drug-likeness (QED) is 0.355. The molecule has 0 saturated heterocycles. The summed E-state index contributed by atoms with van der Waals surface area (Å²) in [7, 11) is 5.11. The highest BCUT2D eigenvalue weighted by atomic mass is 32.1. The zero-order valence-electron chi connectivity index (χ0n) is 20.8. The SMILES string of the molecule is COc1cc(-c2sc(-c3sc(C(C)(C)C)c4c3OCCO4)c(OC)c2OC)sc1C(C)(C)C. The van der Waals surface area contributed by atoms with Gasteiger partial charge in [-0.2, -0.15) is 0 Å². The van der Waals surface area contributed by atoms with Gasteiger partial charge in [0.25, 0.3) is 0 Å². The molecule has 33 heavy (non-hydrogen) atoms.